The lowest BCUT2D eigenvalue weighted by atomic mass is 10.2. The number of pyridine rings is 1. The normalized spacial score (nSPS) is 10.9. The number of hydrogen-bond donors (Lipinski definition) is 1. The first kappa shape index (κ1) is 15.5. The van der Waals surface area contributed by atoms with Crippen LogP contribution in [0, 0.1) is 5.82 Å². The van der Waals surface area contributed by atoms with Gasteiger partial charge in [-0.15, -0.1) is 11.3 Å². The highest BCUT2D eigenvalue weighted by molar-refractivity contribution is 7.17. The van der Waals surface area contributed by atoms with E-state index in [9.17, 15) is 9.18 Å². The van der Waals surface area contributed by atoms with Gasteiger partial charge < -0.3 is 9.88 Å². The Bertz CT molecular complexity index is 1040. The molecule has 0 saturated heterocycles. The molecule has 0 spiro atoms. The number of carbonyl (C=O) groups excluding carboxylic acids is 1. The number of hydrogen-bond acceptors (Lipinski definition) is 3. The molecule has 3 heterocycles. The molecule has 0 atom stereocenters. The molecule has 0 fully saturated rings. The van der Waals surface area contributed by atoms with Gasteiger partial charge in [0.25, 0.3) is 5.91 Å². The monoisotopic (exact) mass is 351 g/mol. The molecule has 0 aliphatic rings. The van der Waals surface area contributed by atoms with E-state index in [4.69, 9.17) is 0 Å². The fourth-order valence-corrected chi connectivity index (χ4v) is 3.61. The van der Waals surface area contributed by atoms with E-state index in [1.54, 1.807) is 41.9 Å². The third kappa shape index (κ3) is 3.16. The summed E-state index contributed by atoms with van der Waals surface area (Å²) in [6.07, 6.45) is 3.25. The number of rotatable bonds is 4. The molecule has 0 bridgehead atoms. The zero-order valence-corrected chi connectivity index (χ0v) is 14.0. The number of halogens is 1. The van der Waals surface area contributed by atoms with E-state index in [0.29, 0.717) is 17.9 Å². The number of thiophene rings is 1. The molecule has 1 aromatic carbocycles. The quantitative estimate of drug-likeness (QED) is 0.587. The number of nitrogens with one attached hydrogen (secondary N) is 1. The number of fused-ring (bicyclic) bond motifs is 1. The van der Waals surface area contributed by atoms with Crippen LogP contribution in [0.3, 0.4) is 0 Å². The predicted octanol–water partition coefficient (Wildman–Crippen LogP) is 4.54. The Morgan fingerprint density at radius 3 is 2.92 bits per heavy atom. The molecule has 0 unspecified atom stereocenters. The summed E-state index contributed by atoms with van der Waals surface area (Å²) in [6, 6.07) is 13.8. The molecule has 6 heteroatoms. The smallest absolute Gasteiger partial charge is 0.272 e. The number of aromatic nitrogens is 2. The Morgan fingerprint density at radius 1 is 1.20 bits per heavy atom. The number of amides is 1. The van der Waals surface area contributed by atoms with Crippen molar-refractivity contribution in [1.82, 2.24) is 9.55 Å². The van der Waals surface area contributed by atoms with Gasteiger partial charge in [0.1, 0.15) is 11.5 Å². The number of anilines is 1. The van der Waals surface area contributed by atoms with Gasteiger partial charge in [-0.1, -0.05) is 12.1 Å². The Kier molecular flexibility index (Phi) is 4.03. The van der Waals surface area contributed by atoms with Crippen LogP contribution in [0.5, 0.6) is 0 Å². The highest BCUT2D eigenvalue weighted by Gasteiger charge is 2.17. The molecule has 0 saturated carbocycles. The standard InChI is InChI=1S/C19H14FN3OS/c20-14-4-1-3-13(9-14)12-23-16-6-8-25-18(16)10-17(23)19(24)22-15-5-2-7-21-11-15/h1-11H,12H2,(H,22,24). The van der Waals surface area contributed by atoms with E-state index in [-0.39, 0.29) is 11.7 Å². The molecule has 4 nitrogen and oxygen atoms in total. The van der Waals surface area contributed by atoms with E-state index >= 15 is 0 Å². The summed E-state index contributed by atoms with van der Waals surface area (Å²) in [7, 11) is 0. The van der Waals surface area contributed by atoms with Crippen LogP contribution >= 0.6 is 11.3 Å². The first-order valence-electron chi connectivity index (χ1n) is 7.73. The van der Waals surface area contributed by atoms with Crippen molar-refractivity contribution >= 4 is 33.1 Å². The van der Waals surface area contributed by atoms with Gasteiger partial charge in [-0.05, 0) is 47.3 Å². The second-order valence-corrected chi connectivity index (χ2v) is 6.56. The molecule has 0 radical (unpaired) electrons. The number of carbonyl (C=O) groups is 1. The van der Waals surface area contributed by atoms with Crippen LogP contribution in [-0.2, 0) is 6.54 Å². The molecule has 25 heavy (non-hydrogen) atoms. The second kappa shape index (κ2) is 6.49. The maximum Gasteiger partial charge on any atom is 0.272 e. The van der Waals surface area contributed by atoms with E-state index in [0.717, 1.165) is 15.8 Å². The van der Waals surface area contributed by atoms with Crippen LogP contribution in [0.25, 0.3) is 10.2 Å². The third-order valence-electron chi connectivity index (χ3n) is 3.90. The van der Waals surface area contributed by atoms with Gasteiger partial charge in [-0.2, -0.15) is 0 Å². The lowest BCUT2D eigenvalue weighted by molar-refractivity contribution is 0.101. The van der Waals surface area contributed by atoms with E-state index < -0.39 is 0 Å². The number of benzene rings is 1. The van der Waals surface area contributed by atoms with Crippen molar-refractivity contribution in [2.45, 2.75) is 6.54 Å². The topological polar surface area (TPSA) is 46.9 Å². The number of nitrogens with zero attached hydrogens (tertiary/aromatic N) is 2. The SMILES string of the molecule is O=C(Nc1cccnc1)c1cc2sccc2n1Cc1cccc(F)c1. The van der Waals surface area contributed by atoms with Crippen LogP contribution in [0.2, 0.25) is 0 Å². The molecular formula is C19H14FN3OS. The molecule has 0 aliphatic heterocycles. The summed E-state index contributed by atoms with van der Waals surface area (Å²) >= 11 is 1.57. The lowest BCUT2D eigenvalue weighted by Crippen LogP contribution is -2.17. The van der Waals surface area contributed by atoms with Crippen molar-refractivity contribution in [3.63, 3.8) is 0 Å². The van der Waals surface area contributed by atoms with Crippen molar-refractivity contribution in [3.8, 4) is 0 Å². The fraction of sp³-hybridized carbons (Fsp3) is 0.0526. The molecule has 4 rings (SSSR count). The van der Waals surface area contributed by atoms with Gasteiger partial charge in [-0.25, -0.2) is 4.39 Å². The van der Waals surface area contributed by atoms with Crippen LogP contribution in [0.1, 0.15) is 16.1 Å². The van der Waals surface area contributed by atoms with Crippen LogP contribution in [0.15, 0.2) is 66.3 Å². The minimum atomic E-state index is -0.285. The fourth-order valence-electron chi connectivity index (χ4n) is 2.79. The molecule has 1 amide bonds. The van der Waals surface area contributed by atoms with Gasteiger partial charge in [0.05, 0.1) is 22.1 Å². The zero-order chi connectivity index (χ0) is 17.2. The molecule has 1 N–H and O–H groups in total. The Morgan fingerprint density at radius 2 is 2.12 bits per heavy atom. The Hall–Kier alpha value is -2.99. The molecule has 4 aromatic rings. The van der Waals surface area contributed by atoms with E-state index in [1.807, 2.05) is 28.1 Å². The van der Waals surface area contributed by atoms with Gasteiger partial charge in [0.2, 0.25) is 0 Å². The summed E-state index contributed by atoms with van der Waals surface area (Å²) in [5.74, 6) is -0.500. The van der Waals surface area contributed by atoms with Crippen molar-refractivity contribution in [1.29, 1.82) is 0 Å². The van der Waals surface area contributed by atoms with E-state index in [2.05, 4.69) is 10.3 Å². The average molecular weight is 351 g/mol. The molecule has 0 aliphatic carbocycles. The maximum atomic E-state index is 13.5. The third-order valence-corrected chi connectivity index (χ3v) is 4.76. The van der Waals surface area contributed by atoms with Gasteiger partial charge >= 0.3 is 0 Å². The lowest BCUT2D eigenvalue weighted by Gasteiger charge is -2.11. The largest absolute Gasteiger partial charge is 0.331 e. The molecular weight excluding hydrogens is 337 g/mol. The Balaban J connectivity index is 1.71. The van der Waals surface area contributed by atoms with Crippen molar-refractivity contribution in [2.75, 3.05) is 5.32 Å². The van der Waals surface area contributed by atoms with Gasteiger partial charge in [0.15, 0.2) is 0 Å². The highest BCUT2D eigenvalue weighted by Crippen LogP contribution is 2.27. The average Bonchev–Trinajstić information content (AvgIpc) is 3.19. The maximum absolute atomic E-state index is 13.5. The van der Waals surface area contributed by atoms with Crippen molar-refractivity contribution in [2.24, 2.45) is 0 Å². The predicted molar refractivity (Wildman–Crippen MR) is 97.5 cm³/mol. The van der Waals surface area contributed by atoms with Gasteiger partial charge in [0, 0.05) is 12.7 Å². The van der Waals surface area contributed by atoms with Crippen LogP contribution in [0.4, 0.5) is 10.1 Å². The minimum absolute atomic E-state index is 0.215. The van der Waals surface area contributed by atoms with E-state index in [1.165, 1.54) is 12.1 Å². The minimum Gasteiger partial charge on any atom is -0.331 e. The first-order valence-corrected chi connectivity index (χ1v) is 8.61. The first-order chi connectivity index (χ1) is 12.2. The highest BCUT2D eigenvalue weighted by atomic mass is 32.1. The van der Waals surface area contributed by atoms with Crippen molar-refractivity contribution < 1.29 is 9.18 Å². The van der Waals surface area contributed by atoms with Gasteiger partial charge in [-0.3, -0.25) is 9.78 Å². The summed E-state index contributed by atoms with van der Waals surface area (Å²) in [5, 5.41) is 4.84. The summed E-state index contributed by atoms with van der Waals surface area (Å²) in [4.78, 5) is 16.7. The second-order valence-electron chi connectivity index (χ2n) is 5.61. The Labute approximate surface area is 147 Å². The molecule has 124 valence electrons. The van der Waals surface area contributed by atoms with Crippen molar-refractivity contribution in [3.05, 3.63) is 83.4 Å². The summed E-state index contributed by atoms with van der Waals surface area (Å²) in [5.41, 5.74) is 2.94. The molecule has 3 aromatic heterocycles. The van der Waals surface area contributed by atoms with Crippen LogP contribution in [-0.4, -0.2) is 15.5 Å². The zero-order valence-electron chi connectivity index (χ0n) is 13.1. The summed E-state index contributed by atoms with van der Waals surface area (Å²) < 4.78 is 16.4. The summed E-state index contributed by atoms with van der Waals surface area (Å²) in [6.45, 7) is 0.424. The van der Waals surface area contributed by atoms with Crippen LogP contribution < -0.4 is 5.32 Å².